The van der Waals surface area contributed by atoms with Crippen LogP contribution in [-0.2, 0) is 9.59 Å². The zero-order valence-electron chi connectivity index (χ0n) is 17.5. The van der Waals surface area contributed by atoms with E-state index in [-0.39, 0.29) is 17.0 Å². The summed E-state index contributed by atoms with van der Waals surface area (Å²) < 4.78 is 38.3. The number of carbonyl (C=O) groups is 2. The first-order valence-electron chi connectivity index (χ1n) is 9.70. The van der Waals surface area contributed by atoms with Gasteiger partial charge in [-0.1, -0.05) is 0 Å². The lowest BCUT2D eigenvalue weighted by atomic mass is 9.98. The van der Waals surface area contributed by atoms with Gasteiger partial charge in [0.15, 0.2) is 11.6 Å². The van der Waals surface area contributed by atoms with Gasteiger partial charge in [-0.2, -0.15) is 0 Å². The Labute approximate surface area is 182 Å². The van der Waals surface area contributed by atoms with Crippen molar-refractivity contribution < 1.29 is 32.6 Å². The number of ketones is 1. The molecule has 1 saturated heterocycles. The Hall–Kier alpha value is -3.94. The summed E-state index contributed by atoms with van der Waals surface area (Å²) in [5.41, 5.74) is 0.727. The molecule has 1 aliphatic heterocycles. The van der Waals surface area contributed by atoms with Crippen molar-refractivity contribution >= 4 is 23.1 Å². The summed E-state index contributed by atoms with van der Waals surface area (Å²) in [4.78, 5) is 27.0. The monoisotopic (exact) mass is 439 g/mol. The fourth-order valence-electron chi connectivity index (χ4n) is 3.78. The maximum absolute atomic E-state index is 13.9. The van der Waals surface area contributed by atoms with Crippen molar-refractivity contribution in [1.29, 1.82) is 0 Å². The third-order valence-corrected chi connectivity index (χ3v) is 5.32. The molecule has 1 amide bonds. The molecule has 0 radical (unpaired) electrons. The third kappa shape index (κ3) is 3.43. The van der Waals surface area contributed by atoms with Gasteiger partial charge >= 0.3 is 0 Å². The minimum Gasteiger partial charge on any atom is -0.507 e. The van der Waals surface area contributed by atoms with Crippen LogP contribution in [0.25, 0.3) is 5.76 Å². The van der Waals surface area contributed by atoms with Crippen molar-refractivity contribution in [3.8, 4) is 5.75 Å². The maximum Gasteiger partial charge on any atom is 0.300 e. The fraction of sp³-hybridized carbons (Fsp3) is 0.167. The third-order valence-electron chi connectivity index (χ3n) is 5.32. The molecule has 8 heteroatoms. The molecule has 0 bridgehead atoms. The van der Waals surface area contributed by atoms with Crippen LogP contribution in [0.4, 0.5) is 14.5 Å². The van der Waals surface area contributed by atoms with E-state index in [1.54, 1.807) is 44.2 Å². The largest absolute Gasteiger partial charge is 0.507 e. The van der Waals surface area contributed by atoms with Crippen molar-refractivity contribution in [1.82, 2.24) is 0 Å². The number of ether oxygens (including phenoxy) is 1. The molecule has 0 aliphatic carbocycles. The average molecular weight is 439 g/mol. The zero-order valence-corrected chi connectivity index (χ0v) is 17.5. The first-order chi connectivity index (χ1) is 15.2. The van der Waals surface area contributed by atoms with Gasteiger partial charge in [-0.05, 0) is 61.9 Å². The number of carbonyl (C=O) groups excluding carboxylic acids is 2. The van der Waals surface area contributed by atoms with Gasteiger partial charge in [0, 0.05) is 17.3 Å². The number of nitrogens with zero attached hydrogens (tertiary/aromatic N) is 1. The molecule has 32 heavy (non-hydrogen) atoms. The lowest BCUT2D eigenvalue weighted by Crippen LogP contribution is -2.29. The summed E-state index contributed by atoms with van der Waals surface area (Å²) in [6.45, 7) is 3.45. The fourth-order valence-corrected chi connectivity index (χ4v) is 3.78. The van der Waals surface area contributed by atoms with E-state index < -0.39 is 35.1 Å². The van der Waals surface area contributed by atoms with E-state index in [9.17, 15) is 23.5 Å². The van der Waals surface area contributed by atoms with Gasteiger partial charge in [0.25, 0.3) is 11.7 Å². The van der Waals surface area contributed by atoms with E-state index in [4.69, 9.17) is 9.15 Å². The summed E-state index contributed by atoms with van der Waals surface area (Å²) in [6.07, 6.45) is 0. The Balaban J connectivity index is 1.93. The Morgan fingerprint density at radius 3 is 2.38 bits per heavy atom. The highest BCUT2D eigenvalue weighted by molar-refractivity contribution is 6.51. The second-order valence-electron chi connectivity index (χ2n) is 7.40. The van der Waals surface area contributed by atoms with Gasteiger partial charge < -0.3 is 14.3 Å². The quantitative estimate of drug-likeness (QED) is 0.359. The topological polar surface area (TPSA) is 80.0 Å². The van der Waals surface area contributed by atoms with Crippen LogP contribution in [0.3, 0.4) is 0 Å². The predicted octanol–water partition coefficient (Wildman–Crippen LogP) is 4.81. The number of benzene rings is 2. The van der Waals surface area contributed by atoms with E-state index in [0.717, 1.165) is 17.0 Å². The molecule has 4 rings (SSSR count). The highest BCUT2D eigenvalue weighted by Gasteiger charge is 2.48. The molecule has 3 aromatic rings. The van der Waals surface area contributed by atoms with Crippen molar-refractivity contribution in [3.63, 3.8) is 0 Å². The molecular formula is C24H19F2NO5. The second kappa shape index (κ2) is 7.96. The molecule has 2 heterocycles. The van der Waals surface area contributed by atoms with Crippen molar-refractivity contribution in [2.45, 2.75) is 19.9 Å². The van der Waals surface area contributed by atoms with Gasteiger partial charge in [0.05, 0.1) is 12.7 Å². The molecule has 0 saturated carbocycles. The van der Waals surface area contributed by atoms with E-state index >= 15 is 0 Å². The Kier molecular flexibility index (Phi) is 5.30. The number of Topliss-reactive ketones (excluding diaryl/α,β-unsaturated/α-hetero) is 1. The first-order valence-corrected chi connectivity index (χ1v) is 9.70. The van der Waals surface area contributed by atoms with E-state index in [2.05, 4.69) is 0 Å². The molecule has 1 unspecified atom stereocenters. The number of aryl methyl sites for hydroxylation is 2. The van der Waals surface area contributed by atoms with Crippen LogP contribution >= 0.6 is 0 Å². The highest BCUT2D eigenvalue weighted by atomic mass is 19.2. The Morgan fingerprint density at radius 2 is 1.78 bits per heavy atom. The standard InChI is InChI=1S/C24H19F2NO5/c1-12-10-14(5-9-18(12)31-3)22(28)20-21(19-8-4-13(2)32-19)27(24(30)23(20)29)15-6-7-16(25)17(26)11-15/h4-11,21,28H,1-3H3/b22-20-. The summed E-state index contributed by atoms with van der Waals surface area (Å²) in [5.74, 6) is -3.37. The number of methoxy groups -OCH3 is 1. The van der Waals surface area contributed by atoms with Gasteiger partial charge in [0.2, 0.25) is 0 Å². The van der Waals surface area contributed by atoms with E-state index in [1.165, 1.54) is 13.2 Å². The second-order valence-corrected chi connectivity index (χ2v) is 7.40. The van der Waals surface area contributed by atoms with Crippen molar-refractivity contribution in [2.24, 2.45) is 0 Å². The molecule has 1 aromatic heterocycles. The van der Waals surface area contributed by atoms with Crippen LogP contribution in [0, 0.1) is 25.5 Å². The first kappa shape index (κ1) is 21.3. The molecule has 6 nitrogen and oxygen atoms in total. The number of aliphatic hydroxyl groups excluding tert-OH is 1. The van der Waals surface area contributed by atoms with Crippen LogP contribution in [0.5, 0.6) is 5.75 Å². The lowest BCUT2D eigenvalue weighted by Gasteiger charge is -2.23. The van der Waals surface area contributed by atoms with Gasteiger partial charge in [-0.15, -0.1) is 0 Å². The summed E-state index contributed by atoms with van der Waals surface area (Å²) in [5, 5.41) is 11.1. The molecule has 1 aliphatic rings. The molecule has 2 aromatic carbocycles. The number of rotatable bonds is 4. The normalized spacial score (nSPS) is 17.8. The van der Waals surface area contributed by atoms with Crippen LogP contribution in [0.2, 0.25) is 0 Å². The predicted molar refractivity (Wildman–Crippen MR) is 112 cm³/mol. The number of halogens is 2. The minimum atomic E-state index is -1.18. The SMILES string of the molecule is COc1ccc(/C(O)=C2/C(=O)C(=O)N(c3ccc(F)c(F)c3)C2c2ccc(C)o2)cc1C. The zero-order chi connectivity index (χ0) is 23.2. The van der Waals surface area contributed by atoms with Crippen LogP contribution < -0.4 is 9.64 Å². The van der Waals surface area contributed by atoms with Gasteiger partial charge in [-0.25, -0.2) is 8.78 Å². The number of hydrogen-bond donors (Lipinski definition) is 1. The molecular weight excluding hydrogens is 420 g/mol. The average Bonchev–Trinajstić information content (AvgIpc) is 3.30. The summed E-state index contributed by atoms with van der Waals surface area (Å²) in [6, 6.07) is 9.69. The van der Waals surface area contributed by atoms with Crippen LogP contribution in [0.15, 0.2) is 58.5 Å². The molecule has 164 valence electrons. The molecule has 1 fully saturated rings. The van der Waals surface area contributed by atoms with Crippen molar-refractivity contribution in [2.75, 3.05) is 12.0 Å². The van der Waals surface area contributed by atoms with E-state index in [1.807, 2.05) is 0 Å². The van der Waals surface area contributed by atoms with Gasteiger partial charge in [-0.3, -0.25) is 14.5 Å². The number of amides is 1. The van der Waals surface area contributed by atoms with Gasteiger partial charge in [0.1, 0.15) is 29.1 Å². The molecule has 1 N–H and O–H groups in total. The highest BCUT2D eigenvalue weighted by Crippen LogP contribution is 2.43. The van der Waals surface area contributed by atoms with E-state index in [0.29, 0.717) is 22.6 Å². The molecule has 0 spiro atoms. The van der Waals surface area contributed by atoms with Crippen LogP contribution in [0.1, 0.15) is 28.7 Å². The molecule has 1 atom stereocenters. The summed E-state index contributed by atoms with van der Waals surface area (Å²) >= 11 is 0. The lowest BCUT2D eigenvalue weighted by molar-refractivity contribution is -0.132. The summed E-state index contributed by atoms with van der Waals surface area (Å²) in [7, 11) is 1.51. The Morgan fingerprint density at radius 1 is 1.03 bits per heavy atom. The van der Waals surface area contributed by atoms with Crippen LogP contribution in [-0.4, -0.2) is 23.9 Å². The number of anilines is 1. The Bertz CT molecular complexity index is 1280. The maximum atomic E-state index is 13.9. The van der Waals surface area contributed by atoms with Crippen molar-refractivity contribution in [3.05, 3.63) is 88.4 Å². The smallest absolute Gasteiger partial charge is 0.300 e. The number of aliphatic hydroxyl groups is 1. The minimum absolute atomic E-state index is 0.0463. The number of furan rings is 1. The number of hydrogen-bond acceptors (Lipinski definition) is 5.